The lowest BCUT2D eigenvalue weighted by atomic mass is 10.1. The summed E-state index contributed by atoms with van der Waals surface area (Å²) in [6, 6.07) is 3.97. The number of aryl methyl sites for hydroxylation is 2. The maximum atomic E-state index is 13.2. The van der Waals surface area contributed by atoms with Crippen LogP contribution in [0.3, 0.4) is 0 Å². The van der Waals surface area contributed by atoms with Gasteiger partial charge < -0.3 is 14.1 Å². The van der Waals surface area contributed by atoms with Gasteiger partial charge in [-0.2, -0.15) is 5.10 Å². The zero-order valence-electron chi connectivity index (χ0n) is 16.2. The first kappa shape index (κ1) is 17.7. The molecule has 142 valence electrons. The molecular formula is C20H24N4O3. The van der Waals surface area contributed by atoms with Crippen molar-refractivity contribution in [2.75, 3.05) is 26.3 Å². The standard InChI is InChI=1S/C20H24N4O3/c1-12(2)24-19-17(11-21-24)16(20(25)23-5-7-26-8-6-23)10-18(22-19)15-9-13(3)27-14(15)4/h9-12H,5-8H2,1-4H3. The van der Waals surface area contributed by atoms with Crippen LogP contribution >= 0.6 is 0 Å². The Kier molecular flexibility index (Phi) is 4.47. The predicted octanol–water partition coefficient (Wildman–Crippen LogP) is 3.36. The van der Waals surface area contributed by atoms with E-state index < -0.39 is 0 Å². The molecule has 0 N–H and O–H groups in total. The normalized spacial score (nSPS) is 15.1. The van der Waals surface area contributed by atoms with Crippen LogP contribution < -0.4 is 0 Å². The molecule has 27 heavy (non-hydrogen) atoms. The lowest BCUT2D eigenvalue weighted by molar-refractivity contribution is 0.0304. The van der Waals surface area contributed by atoms with Crippen molar-refractivity contribution in [1.82, 2.24) is 19.7 Å². The second kappa shape index (κ2) is 6.81. The number of aromatic nitrogens is 3. The number of pyridine rings is 1. The fraction of sp³-hybridized carbons (Fsp3) is 0.450. The lowest BCUT2D eigenvalue weighted by Crippen LogP contribution is -2.40. The van der Waals surface area contributed by atoms with Gasteiger partial charge in [-0.1, -0.05) is 0 Å². The van der Waals surface area contributed by atoms with Crippen molar-refractivity contribution >= 4 is 16.9 Å². The van der Waals surface area contributed by atoms with Crippen LogP contribution in [0.2, 0.25) is 0 Å². The van der Waals surface area contributed by atoms with E-state index in [9.17, 15) is 4.79 Å². The summed E-state index contributed by atoms with van der Waals surface area (Å²) in [6.45, 7) is 10.3. The highest BCUT2D eigenvalue weighted by Crippen LogP contribution is 2.30. The first-order valence-electron chi connectivity index (χ1n) is 9.28. The molecule has 1 fully saturated rings. The molecule has 0 radical (unpaired) electrons. The molecule has 0 spiro atoms. The molecule has 4 rings (SSSR count). The largest absolute Gasteiger partial charge is 0.466 e. The summed E-state index contributed by atoms with van der Waals surface area (Å²) in [6.07, 6.45) is 1.74. The summed E-state index contributed by atoms with van der Waals surface area (Å²) in [5, 5.41) is 5.26. The van der Waals surface area contributed by atoms with Gasteiger partial charge in [0.05, 0.1) is 36.1 Å². The zero-order valence-corrected chi connectivity index (χ0v) is 16.2. The van der Waals surface area contributed by atoms with Crippen molar-refractivity contribution in [3.05, 3.63) is 35.4 Å². The van der Waals surface area contributed by atoms with E-state index in [2.05, 4.69) is 18.9 Å². The van der Waals surface area contributed by atoms with Crippen molar-refractivity contribution in [3.8, 4) is 11.3 Å². The van der Waals surface area contributed by atoms with Gasteiger partial charge in [-0.3, -0.25) is 4.79 Å². The molecule has 0 atom stereocenters. The van der Waals surface area contributed by atoms with Gasteiger partial charge in [0.2, 0.25) is 0 Å². The highest BCUT2D eigenvalue weighted by molar-refractivity contribution is 6.06. The summed E-state index contributed by atoms with van der Waals surface area (Å²) in [5.41, 5.74) is 2.98. The van der Waals surface area contributed by atoms with Crippen LogP contribution in [-0.2, 0) is 4.74 Å². The summed E-state index contributed by atoms with van der Waals surface area (Å²) in [4.78, 5) is 19.9. The predicted molar refractivity (Wildman–Crippen MR) is 102 cm³/mol. The number of hydrogen-bond donors (Lipinski definition) is 0. The average molecular weight is 368 g/mol. The second-order valence-corrected chi connectivity index (χ2v) is 7.21. The number of amides is 1. The molecule has 0 saturated carbocycles. The van der Waals surface area contributed by atoms with Gasteiger partial charge in [-0.25, -0.2) is 9.67 Å². The van der Waals surface area contributed by atoms with Gasteiger partial charge in [0.1, 0.15) is 11.5 Å². The summed E-state index contributed by atoms with van der Waals surface area (Å²) in [7, 11) is 0. The number of carbonyl (C=O) groups excluding carboxylic acids is 1. The van der Waals surface area contributed by atoms with E-state index in [1.165, 1.54) is 0 Å². The van der Waals surface area contributed by atoms with Crippen LogP contribution in [0.4, 0.5) is 0 Å². The number of furan rings is 1. The highest BCUT2D eigenvalue weighted by atomic mass is 16.5. The van der Waals surface area contributed by atoms with Crippen molar-refractivity contribution in [2.45, 2.75) is 33.7 Å². The zero-order chi connectivity index (χ0) is 19.1. The quantitative estimate of drug-likeness (QED) is 0.709. The number of carbonyl (C=O) groups is 1. The monoisotopic (exact) mass is 368 g/mol. The van der Waals surface area contributed by atoms with Crippen molar-refractivity contribution in [2.24, 2.45) is 0 Å². The second-order valence-electron chi connectivity index (χ2n) is 7.21. The maximum Gasteiger partial charge on any atom is 0.254 e. The molecule has 1 saturated heterocycles. The minimum atomic E-state index is -0.00636. The van der Waals surface area contributed by atoms with Crippen LogP contribution in [0.1, 0.15) is 41.8 Å². The van der Waals surface area contributed by atoms with Gasteiger partial charge in [-0.05, 0) is 39.8 Å². The van der Waals surface area contributed by atoms with E-state index in [0.29, 0.717) is 31.9 Å². The smallest absolute Gasteiger partial charge is 0.254 e. The van der Waals surface area contributed by atoms with E-state index in [-0.39, 0.29) is 11.9 Å². The Morgan fingerprint density at radius 1 is 1.19 bits per heavy atom. The van der Waals surface area contributed by atoms with E-state index in [1.807, 2.05) is 35.6 Å². The van der Waals surface area contributed by atoms with Crippen molar-refractivity contribution in [1.29, 1.82) is 0 Å². The third-order valence-corrected chi connectivity index (χ3v) is 4.90. The Labute approximate surface area is 157 Å². The molecule has 0 unspecified atom stereocenters. The van der Waals surface area contributed by atoms with Gasteiger partial charge in [0.15, 0.2) is 5.65 Å². The van der Waals surface area contributed by atoms with Gasteiger partial charge in [0.25, 0.3) is 5.91 Å². The molecule has 1 aliphatic rings. The molecule has 1 amide bonds. The molecule has 3 aromatic rings. The third-order valence-electron chi connectivity index (χ3n) is 4.90. The van der Waals surface area contributed by atoms with Gasteiger partial charge in [0, 0.05) is 24.7 Å². The minimum absolute atomic E-state index is 0.00636. The summed E-state index contributed by atoms with van der Waals surface area (Å²) in [5.74, 6) is 1.61. The van der Waals surface area contributed by atoms with Crippen LogP contribution in [0.5, 0.6) is 0 Å². The third kappa shape index (κ3) is 3.12. The Morgan fingerprint density at radius 2 is 1.93 bits per heavy atom. The number of ether oxygens (including phenoxy) is 1. The first-order valence-corrected chi connectivity index (χ1v) is 9.28. The molecule has 4 heterocycles. The van der Waals surface area contributed by atoms with Gasteiger partial charge in [-0.15, -0.1) is 0 Å². The van der Waals surface area contributed by atoms with Crippen LogP contribution in [0.15, 0.2) is 22.7 Å². The van der Waals surface area contributed by atoms with E-state index >= 15 is 0 Å². The van der Waals surface area contributed by atoms with Gasteiger partial charge >= 0.3 is 0 Å². The molecule has 3 aromatic heterocycles. The SMILES string of the molecule is Cc1cc(-c2cc(C(=O)N3CCOCC3)c3cnn(C(C)C)c3n2)c(C)o1. The average Bonchev–Trinajstić information content (AvgIpc) is 3.23. The summed E-state index contributed by atoms with van der Waals surface area (Å²) < 4.78 is 12.9. The number of rotatable bonds is 3. The number of nitrogens with zero attached hydrogens (tertiary/aromatic N) is 4. The van der Waals surface area contributed by atoms with Crippen LogP contribution in [-0.4, -0.2) is 51.9 Å². The number of fused-ring (bicyclic) bond motifs is 1. The fourth-order valence-electron chi connectivity index (χ4n) is 3.53. The molecule has 0 aromatic carbocycles. The molecule has 7 nitrogen and oxygen atoms in total. The van der Waals surface area contributed by atoms with Crippen molar-refractivity contribution in [3.63, 3.8) is 0 Å². The van der Waals surface area contributed by atoms with E-state index in [4.69, 9.17) is 14.1 Å². The Hall–Kier alpha value is -2.67. The van der Waals surface area contributed by atoms with Crippen molar-refractivity contribution < 1.29 is 13.9 Å². The fourth-order valence-corrected chi connectivity index (χ4v) is 3.53. The number of morpholine rings is 1. The highest BCUT2D eigenvalue weighted by Gasteiger charge is 2.24. The topological polar surface area (TPSA) is 73.4 Å². The molecule has 7 heteroatoms. The molecular weight excluding hydrogens is 344 g/mol. The van der Waals surface area contributed by atoms with Crippen LogP contribution in [0.25, 0.3) is 22.3 Å². The van der Waals surface area contributed by atoms with E-state index in [1.54, 1.807) is 6.20 Å². The van der Waals surface area contributed by atoms with E-state index in [0.717, 1.165) is 33.8 Å². The Morgan fingerprint density at radius 3 is 2.56 bits per heavy atom. The molecule has 0 aliphatic carbocycles. The number of hydrogen-bond acceptors (Lipinski definition) is 5. The summed E-state index contributed by atoms with van der Waals surface area (Å²) >= 11 is 0. The van der Waals surface area contributed by atoms with Crippen LogP contribution in [0, 0.1) is 13.8 Å². The molecule has 1 aliphatic heterocycles. The Bertz CT molecular complexity index is 996. The Balaban J connectivity index is 1.90. The lowest BCUT2D eigenvalue weighted by Gasteiger charge is -2.27. The maximum absolute atomic E-state index is 13.2. The minimum Gasteiger partial charge on any atom is -0.466 e. The molecule has 0 bridgehead atoms. The first-order chi connectivity index (χ1) is 13.0.